The predicted octanol–water partition coefficient (Wildman–Crippen LogP) is 3.29. The monoisotopic (exact) mass is 670 g/mol. The molecule has 41 heavy (non-hydrogen) atoms. The minimum atomic E-state index is -3.63. The highest BCUT2D eigenvalue weighted by Crippen LogP contribution is 2.43. The van der Waals surface area contributed by atoms with Gasteiger partial charge in [0.05, 0.1) is 6.26 Å². The van der Waals surface area contributed by atoms with E-state index in [1.54, 1.807) is 27.7 Å². The van der Waals surface area contributed by atoms with Crippen LogP contribution in [-0.4, -0.2) is 81.5 Å². The van der Waals surface area contributed by atoms with Crippen LogP contribution in [-0.2, 0) is 33.9 Å². The average molecular weight is 672 g/mol. The number of hydrogen-bond acceptors (Lipinski definition) is 10. The van der Waals surface area contributed by atoms with Crippen LogP contribution in [0.5, 0.6) is 0 Å². The number of β-lactam (4-membered cyclic amide) rings is 1. The molecule has 1 unspecified atom stereocenters. The van der Waals surface area contributed by atoms with Gasteiger partial charge >= 0.3 is 12.1 Å². The molecule has 1 aromatic carbocycles. The summed E-state index contributed by atoms with van der Waals surface area (Å²) in [4.78, 5) is 55.2. The molecule has 226 valence electrons. The number of ether oxygens (including phenoxy) is 2. The van der Waals surface area contributed by atoms with Crippen molar-refractivity contribution in [2.75, 3.05) is 23.3 Å². The van der Waals surface area contributed by atoms with E-state index in [1.807, 2.05) is 0 Å². The van der Waals surface area contributed by atoms with Crippen LogP contribution in [0.15, 0.2) is 35.5 Å². The molecule has 0 saturated carbocycles. The number of esters is 1. The van der Waals surface area contributed by atoms with Crippen LogP contribution in [0.25, 0.3) is 0 Å². The van der Waals surface area contributed by atoms with Crippen LogP contribution in [0.1, 0.15) is 39.3 Å². The smallest absolute Gasteiger partial charge is 0.417 e. The number of thioether (sulfide) groups is 1. The lowest BCUT2D eigenvalue weighted by Gasteiger charge is -2.52. The highest BCUT2D eigenvalue weighted by atomic mass is 35.6. The van der Waals surface area contributed by atoms with Crippen molar-refractivity contribution in [3.8, 4) is 0 Å². The van der Waals surface area contributed by atoms with Crippen molar-refractivity contribution >= 4 is 86.2 Å². The molecule has 3 amide bonds. The number of hydrogen-bond donors (Lipinski definition) is 2. The zero-order valence-electron chi connectivity index (χ0n) is 22.6. The maximum absolute atomic E-state index is 13.7. The van der Waals surface area contributed by atoms with Gasteiger partial charge in [0, 0.05) is 11.4 Å². The SMILES string of the molecule is CC1=C(C(=O)OCC(Cl)(Cl)Cl)N2C(=O)C(N(C(=O)OC(C)(C)C)C(=O)[C@H](N)c3cccc(NS(C)(=O)=O)c3)[C@H]2SC1. The van der Waals surface area contributed by atoms with Crippen molar-refractivity contribution < 1.29 is 37.1 Å². The average Bonchev–Trinajstić information content (AvgIpc) is 2.82. The van der Waals surface area contributed by atoms with Crippen molar-refractivity contribution in [1.29, 1.82) is 0 Å². The first-order chi connectivity index (χ1) is 18.7. The first kappa shape index (κ1) is 33.3. The molecule has 1 fully saturated rings. The number of sulfonamides is 1. The number of nitrogens with one attached hydrogen (secondary N) is 1. The van der Waals surface area contributed by atoms with Crippen LogP contribution >= 0.6 is 46.6 Å². The lowest BCUT2D eigenvalue weighted by atomic mass is 9.99. The van der Waals surface area contributed by atoms with Gasteiger partial charge in [0.1, 0.15) is 29.3 Å². The van der Waals surface area contributed by atoms with E-state index in [4.69, 9.17) is 50.0 Å². The van der Waals surface area contributed by atoms with Gasteiger partial charge in [-0.25, -0.2) is 22.9 Å². The summed E-state index contributed by atoms with van der Waals surface area (Å²) in [5, 5.41) is -0.858. The van der Waals surface area contributed by atoms with E-state index in [0.717, 1.165) is 11.2 Å². The van der Waals surface area contributed by atoms with E-state index in [2.05, 4.69) is 4.72 Å². The number of benzene rings is 1. The van der Waals surface area contributed by atoms with Gasteiger partial charge in [-0.2, -0.15) is 0 Å². The topological polar surface area (TPSA) is 165 Å². The van der Waals surface area contributed by atoms with Gasteiger partial charge in [0.2, 0.25) is 13.8 Å². The molecule has 2 aliphatic rings. The second-order valence-corrected chi connectivity index (χ2v) is 15.7. The molecule has 0 bridgehead atoms. The Morgan fingerprint density at radius 2 is 1.88 bits per heavy atom. The second kappa shape index (κ2) is 12.2. The highest BCUT2D eigenvalue weighted by molar-refractivity contribution is 8.00. The van der Waals surface area contributed by atoms with Gasteiger partial charge in [-0.05, 0) is 51.0 Å². The molecule has 3 rings (SSSR count). The molecule has 3 atom stereocenters. The van der Waals surface area contributed by atoms with Gasteiger partial charge < -0.3 is 15.2 Å². The van der Waals surface area contributed by atoms with Crippen LogP contribution < -0.4 is 10.5 Å². The number of fused-ring (bicyclic) bond motifs is 1. The molecule has 0 radical (unpaired) electrons. The number of nitrogens with two attached hydrogens (primary N) is 1. The molecule has 0 aliphatic carbocycles. The van der Waals surface area contributed by atoms with Crippen LogP contribution in [0.2, 0.25) is 0 Å². The fourth-order valence-corrected chi connectivity index (χ4v) is 6.07. The van der Waals surface area contributed by atoms with Crippen molar-refractivity contribution in [1.82, 2.24) is 9.80 Å². The Hall–Kier alpha value is -2.23. The molecular formula is C24H29Cl3N4O8S2. The summed E-state index contributed by atoms with van der Waals surface area (Å²) in [6.07, 6.45) is -0.156. The van der Waals surface area contributed by atoms with Crippen LogP contribution in [0, 0.1) is 0 Å². The number of rotatable bonds is 7. The van der Waals surface area contributed by atoms with Crippen molar-refractivity contribution in [3.63, 3.8) is 0 Å². The van der Waals surface area contributed by atoms with Gasteiger partial charge in [0.15, 0.2) is 6.04 Å². The maximum atomic E-state index is 13.7. The number of carbonyl (C=O) groups excluding carboxylic acids is 4. The fourth-order valence-electron chi connectivity index (χ4n) is 4.02. The highest BCUT2D eigenvalue weighted by Gasteiger charge is 2.59. The minimum Gasteiger partial charge on any atom is -0.456 e. The molecule has 0 spiro atoms. The summed E-state index contributed by atoms with van der Waals surface area (Å²) in [5.74, 6) is -2.36. The minimum absolute atomic E-state index is 0.0790. The zero-order valence-corrected chi connectivity index (χ0v) is 26.5. The Bertz CT molecular complexity index is 1390. The quantitative estimate of drug-likeness (QED) is 0.250. The van der Waals surface area contributed by atoms with Crippen LogP contribution in [0.3, 0.4) is 0 Å². The number of imide groups is 1. The van der Waals surface area contributed by atoms with E-state index in [0.29, 0.717) is 10.5 Å². The third kappa shape index (κ3) is 8.20. The largest absolute Gasteiger partial charge is 0.456 e. The normalized spacial score (nSPS) is 20.0. The maximum Gasteiger partial charge on any atom is 0.417 e. The van der Waals surface area contributed by atoms with Gasteiger partial charge in [-0.1, -0.05) is 46.9 Å². The van der Waals surface area contributed by atoms with Gasteiger partial charge in [-0.15, -0.1) is 11.8 Å². The number of nitrogens with zero attached hydrogens (tertiary/aromatic N) is 2. The standard InChI is InChI=1S/C24H29Cl3N4O8S2/c1-12-10-40-20-17(19(33)30(20)16(12)21(34)38-11-24(25,26)27)31(22(35)39-23(2,3)4)18(32)15(28)13-7-6-8-14(9-13)29-41(5,36)37/h6-9,15,17,20,29H,10-11,28H2,1-5H3/t15-,17?,20-/m1/s1. The van der Waals surface area contributed by atoms with Gasteiger partial charge in [-0.3, -0.25) is 19.2 Å². The second-order valence-electron chi connectivity index (χ2n) is 10.3. The number of amides is 3. The number of halogens is 3. The first-order valence-electron chi connectivity index (χ1n) is 12.0. The van der Waals surface area contributed by atoms with Crippen molar-refractivity contribution in [2.24, 2.45) is 5.73 Å². The molecule has 17 heteroatoms. The fraction of sp³-hybridized carbons (Fsp3) is 0.500. The van der Waals surface area contributed by atoms with E-state index in [1.165, 1.54) is 36.0 Å². The molecule has 3 N–H and O–H groups in total. The summed E-state index contributed by atoms with van der Waals surface area (Å²) in [7, 11) is -3.63. The van der Waals surface area contributed by atoms with E-state index < -0.39 is 67.4 Å². The Labute approximate surface area is 256 Å². The number of anilines is 1. The Balaban J connectivity index is 1.94. The summed E-state index contributed by atoms with van der Waals surface area (Å²) in [5.41, 5.74) is 5.96. The first-order valence-corrected chi connectivity index (χ1v) is 16.1. The summed E-state index contributed by atoms with van der Waals surface area (Å²) in [6, 6.07) is 2.89. The summed E-state index contributed by atoms with van der Waals surface area (Å²) in [6.45, 7) is 5.82. The molecule has 1 saturated heterocycles. The lowest BCUT2D eigenvalue weighted by Crippen LogP contribution is -2.73. The van der Waals surface area contributed by atoms with Gasteiger partial charge in [0.25, 0.3) is 11.8 Å². The van der Waals surface area contributed by atoms with Crippen molar-refractivity contribution in [2.45, 2.75) is 54.5 Å². The predicted molar refractivity (Wildman–Crippen MR) is 156 cm³/mol. The summed E-state index contributed by atoms with van der Waals surface area (Å²) >= 11 is 18.3. The zero-order chi connectivity index (χ0) is 31.1. The van der Waals surface area contributed by atoms with Crippen LogP contribution in [0.4, 0.5) is 10.5 Å². The molecule has 12 nitrogen and oxygen atoms in total. The van der Waals surface area contributed by atoms with E-state index in [9.17, 15) is 27.6 Å². The molecule has 0 aromatic heterocycles. The molecule has 2 aliphatic heterocycles. The molecule has 1 aromatic rings. The lowest BCUT2D eigenvalue weighted by molar-refractivity contribution is -0.160. The Kier molecular flexibility index (Phi) is 9.88. The summed E-state index contributed by atoms with van der Waals surface area (Å²) < 4.78 is 34.3. The third-order valence-corrected chi connectivity index (χ3v) is 7.96. The Morgan fingerprint density at radius 1 is 1.24 bits per heavy atom. The Morgan fingerprint density at radius 3 is 2.44 bits per heavy atom. The third-order valence-electron chi connectivity index (χ3n) is 5.61. The van der Waals surface area contributed by atoms with Crippen molar-refractivity contribution in [3.05, 3.63) is 41.1 Å². The molecular weight excluding hydrogens is 643 g/mol. The number of alkyl halides is 3. The van der Waals surface area contributed by atoms with E-state index in [-0.39, 0.29) is 22.7 Å². The number of carbonyl (C=O) groups is 4. The van der Waals surface area contributed by atoms with E-state index >= 15 is 0 Å². The molecule has 2 heterocycles.